The van der Waals surface area contributed by atoms with Gasteiger partial charge in [0.1, 0.15) is 0 Å². The Morgan fingerprint density at radius 2 is 2.07 bits per heavy atom. The molecule has 2 nitrogen and oxygen atoms in total. The number of thiophene rings is 1. The number of nitrogens with one attached hydrogen (secondary N) is 1. The molecule has 1 aromatic heterocycles. The Hall–Kier alpha value is -1.48. The molecule has 3 heteroatoms. The van der Waals surface area contributed by atoms with Crippen LogP contribution in [-0.4, -0.2) is 7.05 Å². The van der Waals surface area contributed by atoms with Crippen molar-refractivity contribution in [2.24, 2.45) is 0 Å². The van der Waals surface area contributed by atoms with Crippen LogP contribution in [0.1, 0.15) is 5.56 Å². The van der Waals surface area contributed by atoms with Crippen LogP contribution in [0.15, 0.2) is 35.0 Å². The third-order valence-electron chi connectivity index (χ3n) is 2.82. The van der Waals surface area contributed by atoms with Crippen LogP contribution in [0.5, 0.6) is 0 Å². The number of rotatable bonds is 0. The van der Waals surface area contributed by atoms with E-state index in [0.717, 1.165) is 6.54 Å². The highest BCUT2D eigenvalue weighted by atomic mass is 32.1. The van der Waals surface area contributed by atoms with Crippen molar-refractivity contribution in [2.45, 2.75) is 6.54 Å². The molecule has 1 N–H and O–H groups in total. The summed E-state index contributed by atoms with van der Waals surface area (Å²) >= 11 is 1.76. The fourth-order valence-corrected chi connectivity index (χ4v) is 2.85. The molecule has 76 valence electrons. The molecule has 1 aliphatic rings. The van der Waals surface area contributed by atoms with Gasteiger partial charge in [-0.2, -0.15) is 0 Å². The van der Waals surface area contributed by atoms with E-state index in [1.165, 1.54) is 22.6 Å². The highest BCUT2D eigenvalue weighted by Gasteiger charge is 2.16. The van der Waals surface area contributed by atoms with Gasteiger partial charge in [0.25, 0.3) is 0 Å². The molecule has 0 bridgehead atoms. The van der Waals surface area contributed by atoms with Gasteiger partial charge in [-0.1, -0.05) is 12.1 Å². The Morgan fingerprint density at radius 1 is 1.20 bits per heavy atom. The van der Waals surface area contributed by atoms with Gasteiger partial charge < -0.3 is 10.2 Å². The molecule has 0 unspecified atom stereocenters. The maximum atomic E-state index is 3.46. The number of benzene rings is 1. The van der Waals surface area contributed by atoms with Crippen molar-refractivity contribution < 1.29 is 0 Å². The van der Waals surface area contributed by atoms with Crippen LogP contribution in [0.3, 0.4) is 0 Å². The Morgan fingerprint density at radius 3 is 3.00 bits per heavy atom. The predicted molar refractivity (Wildman–Crippen MR) is 66.2 cm³/mol. The van der Waals surface area contributed by atoms with Gasteiger partial charge in [-0.05, 0) is 17.5 Å². The highest BCUT2D eigenvalue weighted by molar-refractivity contribution is 7.08. The first-order chi connectivity index (χ1) is 7.36. The Balaban J connectivity index is 2.18. The largest absolute Gasteiger partial charge is 0.379 e. The summed E-state index contributed by atoms with van der Waals surface area (Å²) in [5.41, 5.74) is 5.15. The summed E-state index contributed by atoms with van der Waals surface area (Å²) < 4.78 is 0. The van der Waals surface area contributed by atoms with Crippen LogP contribution < -0.4 is 10.2 Å². The fraction of sp³-hybridized carbons (Fsp3) is 0.167. The number of anilines is 3. The van der Waals surface area contributed by atoms with Gasteiger partial charge in [0.05, 0.1) is 17.1 Å². The monoisotopic (exact) mass is 216 g/mol. The predicted octanol–water partition coefficient (Wildman–Crippen LogP) is 3.44. The van der Waals surface area contributed by atoms with E-state index in [9.17, 15) is 0 Å². The van der Waals surface area contributed by atoms with Gasteiger partial charge in [0, 0.05) is 24.5 Å². The number of para-hydroxylation sites is 2. The fourth-order valence-electron chi connectivity index (χ4n) is 1.98. The zero-order valence-corrected chi connectivity index (χ0v) is 9.34. The quantitative estimate of drug-likeness (QED) is 0.725. The van der Waals surface area contributed by atoms with Crippen molar-refractivity contribution >= 4 is 28.4 Å². The van der Waals surface area contributed by atoms with Crippen LogP contribution in [0, 0.1) is 0 Å². The first-order valence-electron chi connectivity index (χ1n) is 4.98. The minimum atomic E-state index is 0.917. The maximum absolute atomic E-state index is 3.46. The molecule has 0 spiro atoms. The zero-order chi connectivity index (χ0) is 10.3. The SMILES string of the molecule is CN1c2cscc2CNc2ccccc21. The summed E-state index contributed by atoms with van der Waals surface area (Å²) in [7, 11) is 2.12. The average Bonchev–Trinajstić information content (AvgIpc) is 2.69. The molecule has 1 aliphatic heterocycles. The molecule has 1 aromatic carbocycles. The van der Waals surface area contributed by atoms with E-state index < -0.39 is 0 Å². The zero-order valence-electron chi connectivity index (χ0n) is 8.53. The first-order valence-corrected chi connectivity index (χ1v) is 5.92. The number of nitrogens with zero attached hydrogens (tertiary/aromatic N) is 1. The number of hydrogen-bond donors (Lipinski definition) is 1. The molecule has 3 rings (SSSR count). The molecule has 0 amide bonds. The molecule has 0 saturated carbocycles. The van der Waals surface area contributed by atoms with E-state index >= 15 is 0 Å². The molecule has 0 atom stereocenters. The second kappa shape index (κ2) is 3.28. The van der Waals surface area contributed by atoms with Crippen LogP contribution in [0.2, 0.25) is 0 Å². The second-order valence-corrected chi connectivity index (χ2v) is 4.46. The van der Waals surface area contributed by atoms with Gasteiger partial charge in [0.15, 0.2) is 0 Å². The van der Waals surface area contributed by atoms with Gasteiger partial charge in [-0.15, -0.1) is 11.3 Å². The Kier molecular flexibility index (Phi) is 1.92. The number of fused-ring (bicyclic) bond motifs is 2. The minimum Gasteiger partial charge on any atom is -0.379 e. The highest BCUT2D eigenvalue weighted by Crippen LogP contribution is 2.37. The van der Waals surface area contributed by atoms with Crippen molar-refractivity contribution in [3.8, 4) is 0 Å². The molecular weight excluding hydrogens is 204 g/mol. The summed E-state index contributed by atoms with van der Waals surface area (Å²) in [6, 6.07) is 8.42. The van der Waals surface area contributed by atoms with E-state index in [1.54, 1.807) is 11.3 Å². The summed E-state index contributed by atoms with van der Waals surface area (Å²) in [5, 5.41) is 7.88. The van der Waals surface area contributed by atoms with Crippen molar-refractivity contribution in [3.05, 3.63) is 40.6 Å². The topological polar surface area (TPSA) is 15.3 Å². The van der Waals surface area contributed by atoms with Crippen LogP contribution in [0.4, 0.5) is 17.1 Å². The van der Waals surface area contributed by atoms with Crippen molar-refractivity contribution in [3.63, 3.8) is 0 Å². The van der Waals surface area contributed by atoms with Crippen molar-refractivity contribution in [2.75, 3.05) is 17.3 Å². The summed E-state index contributed by atoms with van der Waals surface area (Å²) in [6.45, 7) is 0.917. The van der Waals surface area contributed by atoms with Gasteiger partial charge in [0.2, 0.25) is 0 Å². The summed E-state index contributed by atoms with van der Waals surface area (Å²) in [5.74, 6) is 0. The molecule has 2 aromatic rings. The van der Waals surface area contributed by atoms with Gasteiger partial charge in [-0.25, -0.2) is 0 Å². The Labute approximate surface area is 93.2 Å². The third kappa shape index (κ3) is 1.31. The third-order valence-corrected chi connectivity index (χ3v) is 3.59. The maximum Gasteiger partial charge on any atom is 0.0644 e. The first kappa shape index (κ1) is 8.80. The van der Waals surface area contributed by atoms with E-state index in [1.807, 2.05) is 0 Å². The molecule has 0 saturated heterocycles. The van der Waals surface area contributed by atoms with Crippen LogP contribution in [-0.2, 0) is 6.54 Å². The lowest BCUT2D eigenvalue weighted by molar-refractivity contribution is 1.17. The molecule has 0 fully saturated rings. The normalized spacial score (nSPS) is 13.8. The van der Waals surface area contributed by atoms with E-state index in [0.29, 0.717) is 0 Å². The lowest BCUT2D eigenvalue weighted by Crippen LogP contribution is -2.08. The van der Waals surface area contributed by atoms with Gasteiger partial charge in [-0.3, -0.25) is 0 Å². The summed E-state index contributed by atoms with van der Waals surface area (Å²) in [4.78, 5) is 2.25. The molecule has 0 radical (unpaired) electrons. The number of hydrogen-bond acceptors (Lipinski definition) is 3. The van der Waals surface area contributed by atoms with Crippen molar-refractivity contribution in [1.29, 1.82) is 0 Å². The van der Waals surface area contributed by atoms with E-state index in [-0.39, 0.29) is 0 Å². The lowest BCUT2D eigenvalue weighted by Gasteiger charge is -2.19. The smallest absolute Gasteiger partial charge is 0.0644 e. The second-order valence-electron chi connectivity index (χ2n) is 3.71. The average molecular weight is 216 g/mol. The van der Waals surface area contributed by atoms with E-state index in [2.05, 4.69) is 52.3 Å². The van der Waals surface area contributed by atoms with Gasteiger partial charge >= 0.3 is 0 Å². The molecule has 0 aliphatic carbocycles. The minimum absolute atomic E-state index is 0.917. The summed E-state index contributed by atoms with van der Waals surface area (Å²) in [6.07, 6.45) is 0. The van der Waals surface area contributed by atoms with Crippen LogP contribution in [0.25, 0.3) is 0 Å². The molecular formula is C12H12N2S. The molecule has 2 heterocycles. The lowest BCUT2D eigenvalue weighted by atomic mass is 10.2. The Bertz CT molecular complexity index is 490. The van der Waals surface area contributed by atoms with Crippen LogP contribution >= 0.6 is 11.3 Å². The van der Waals surface area contributed by atoms with E-state index in [4.69, 9.17) is 0 Å². The van der Waals surface area contributed by atoms with Crippen molar-refractivity contribution in [1.82, 2.24) is 0 Å². The standard InChI is InChI=1S/C12H12N2S/c1-14-11-5-3-2-4-10(11)13-6-9-7-15-8-12(9)14/h2-5,7-8,13H,6H2,1H3. The molecule has 15 heavy (non-hydrogen) atoms.